The summed E-state index contributed by atoms with van der Waals surface area (Å²) in [6.45, 7) is 5.79. The molecule has 2 aromatic heterocycles. The first-order valence-corrected chi connectivity index (χ1v) is 9.99. The van der Waals surface area contributed by atoms with Gasteiger partial charge in [-0.1, -0.05) is 28.1 Å². The zero-order chi connectivity index (χ0) is 17.2. The maximum atomic E-state index is 12.1. The van der Waals surface area contributed by atoms with Gasteiger partial charge in [0, 0.05) is 61.4 Å². The Balaban J connectivity index is 1.36. The highest BCUT2D eigenvalue weighted by atomic mass is 79.9. The van der Waals surface area contributed by atoms with Gasteiger partial charge < -0.3 is 0 Å². The minimum atomic E-state index is 0.00883. The van der Waals surface area contributed by atoms with E-state index in [9.17, 15) is 4.79 Å². The van der Waals surface area contributed by atoms with Gasteiger partial charge in [0.2, 0.25) is 0 Å². The number of halogens is 1. The van der Waals surface area contributed by atoms with Crippen LogP contribution in [0.5, 0.6) is 0 Å². The fourth-order valence-electron chi connectivity index (χ4n) is 3.20. The van der Waals surface area contributed by atoms with E-state index in [0.29, 0.717) is 0 Å². The molecule has 1 saturated heterocycles. The molecule has 5 nitrogen and oxygen atoms in total. The number of nitrogens with zero attached hydrogens (tertiary/aromatic N) is 4. The van der Waals surface area contributed by atoms with E-state index in [1.54, 1.807) is 16.7 Å². The van der Waals surface area contributed by atoms with Gasteiger partial charge in [-0.05, 0) is 17.7 Å². The van der Waals surface area contributed by atoms with E-state index in [0.717, 1.165) is 54.4 Å². The molecule has 0 aliphatic carbocycles. The zero-order valence-corrected chi connectivity index (χ0v) is 16.2. The molecule has 0 amide bonds. The molecule has 0 unspecified atom stereocenters. The molecule has 1 aliphatic heterocycles. The van der Waals surface area contributed by atoms with Crippen LogP contribution >= 0.6 is 27.3 Å². The maximum absolute atomic E-state index is 12.1. The number of hydrogen-bond donors (Lipinski definition) is 0. The Hall–Kier alpha value is -1.54. The van der Waals surface area contributed by atoms with Gasteiger partial charge in [-0.2, -0.15) is 0 Å². The van der Waals surface area contributed by atoms with E-state index in [-0.39, 0.29) is 5.56 Å². The monoisotopic (exact) mass is 418 g/mol. The lowest BCUT2D eigenvalue weighted by atomic mass is 10.2. The number of rotatable bonds is 4. The van der Waals surface area contributed by atoms with Crippen LogP contribution in [-0.4, -0.2) is 45.4 Å². The van der Waals surface area contributed by atoms with Crippen LogP contribution in [0.15, 0.2) is 51.2 Å². The molecular weight excluding hydrogens is 400 g/mol. The van der Waals surface area contributed by atoms with Crippen molar-refractivity contribution >= 4 is 32.2 Å². The van der Waals surface area contributed by atoms with Crippen LogP contribution in [0.25, 0.3) is 4.96 Å². The number of piperazine rings is 1. The Bertz CT molecular complexity index is 930. The Morgan fingerprint density at radius 1 is 1.08 bits per heavy atom. The summed E-state index contributed by atoms with van der Waals surface area (Å²) in [4.78, 5) is 22.3. The van der Waals surface area contributed by atoms with Gasteiger partial charge in [0.25, 0.3) is 5.56 Å². The first-order valence-electron chi connectivity index (χ1n) is 8.32. The van der Waals surface area contributed by atoms with Gasteiger partial charge in [0.1, 0.15) is 0 Å². The summed E-state index contributed by atoms with van der Waals surface area (Å²) >= 11 is 5.04. The van der Waals surface area contributed by atoms with Crippen LogP contribution in [0.4, 0.5) is 0 Å². The molecule has 0 radical (unpaired) electrons. The summed E-state index contributed by atoms with van der Waals surface area (Å²) in [7, 11) is 0. The molecule has 0 saturated carbocycles. The third-order valence-electron chi connectivity index (χ3n) is 4.50. The lowest BCUT2D eigenvalue weighted by Gasteiger charge is -2.34. The van der Waals surface area contributed by atoms with Gasteiger partial charge in [-0.25, -0.2) is 4.98 Å². The number of aromatic nitrogens is 2. The molecule has 0 atom stereocenters. The molecule has 1 fully saturated rings. The van der Waals surface area contributed by atoms with Crippen molar-refractivity contribution in [2.45, 2.75) is 13.1 Å². The minimum Gasteiger partial charge on any atom is -0.297 e. The second kappa shape index (κ2) is 7.37. The van der Waals surface area contributed by atoms with Crippen molar-refractivity contribution in [3.05, 3.63) is 68.0 Å². The molecule has 130 valence electrons. The van der Waals surface area contributed by atoms with Crippen molar-refractivity contribution in [3.8, 4) is 0 Å². The standard InChI is InChI=1S/C18H19BrN4OS/c19-15-3-1-2-14(10-15)12-21-4-6-22(7-5-21)13-16-11-17(24)23-8-9-25-18(23)20-16/h1-3,8-11H,4-7,12-13H2. The van der Waals surface area contributed by atoms with Crippen molar-refractivity contribution in [3.63, 3.8) is 0 Å². The van der Waals surface area contributed by atoms with E-state index < -0.39 is 0 Å². The van der Waals surface area contributed by atoms with E-state index in [1.807, 2.05) is 5.38 Å². The van der Waals surface area contributed by atoms with Gasteiger partial charge >= 0.3 is 0 Å². The molecule has 4 rings (SSSR count). The summed E-state index contributed by atoms with van der Waals surface area (Å²) < 4.78 is 2.73. The summed E-state index contributed by atoms with van der Waals surface area (Å²) in [6.07, 6.45) is 1.78. The topological polar surface area (TPSA) is 40.9 Å². The highest BCUT2D eigenvalue weighted by Gasteiger charge is 2.18. The summed E-state index contributed by atoms with van der Waals surface area (Å²) in [6, 6.07) is 10.2. The van der Waals surface area contributed by atoms with Crippen molar-refractivity contribution in [2.75, 3.05) is 26.2 Å². The van der Waals surface area contributed by atoms with Crippen LogP contribution in [-0.2, 0) is 13.1 Å². The first-order chi connectivity index (χ1) is 12.2. The Morgan fingerprint density at radius 2 is 1.84 bits per heavy atom. The number of fused-ring (bicyclic) bond motifs is 1. The zero-order valence-electron chi connectivity index (χ0n) is 13.8. The quantitative estimate of drug-likeness (QED) is 0.652. The molecule has 25 heavy (non-hydrogen) atoms. The number of thiazole rings is 1. The SMILES string of the molecule is O=c1cc(CN2CCN(Cc3cccc(Br)c3)CC2)nc2sccn12. The predicted molar refractivity (Wildman–Crippen MR) is 104 cm³/mol. The molecular formula is C18H19BrN4OS. The Labute approximate surface area is 158 Å². The van der Waals surface area contributed by atoms with Crippen LogP contribution in [0.1, 0.15) is 11.3 Å². The summed E-state index contributed by atoms with van der Waals surface area (Å²) in [5.41, 5.74) is 2.21. The third kappa shape index (κ3) is 4.00. The van der Waals surface area contributed by atoms with Crippen LogP contribution in [0, 0.1) is 0 Å². The third-order valence-corrected chi connectivity index (χ3v) is 5.75. The van der Waals surface area contributed by atoms with E-state index in [1.165, 1.54) is 16.9 Å². The van der Waals surface area contributed by atoms with Crippen molar-refractivity contribution < 1.29 is 0 Å². The van der Waals surface area contributed by atoms with Crippen LogP contribution in [0.2, 0.25) is 0 Å². The van der Waals surface area contributed by atoms with Gasteiger partial charge in [-0.15, -0.1) is 11.3 Å². The minimum absolute atomic E-state index is 0.00883. The molecule has 1 aromatic carbocycles. The van der Waals surface area contributed by atoms with Crippen molar-refractivity contribution in [1.29, 1.82) is 0 Å². The van der Waals surface area contributed by atoms with E-state index in [4.69, 9.17) is 0 Å². The normalized spacial score (nSPS) is 16.5. The van der Waals surface area contributed by atoms with Gasteiger partial charge in [0.15, 0.2) is 4.96 Å². The molecule has 3 aromatic rings. The van der Waals surface area contributed by atoms with Crippen LogP contribution < -0.4 is 5.56 Å². The summed E-state index contributed by atoms with van der Waals surface area (Å²) in [5, 5.41) is 1.90. The largest absolute Gasteiger partial charge is 0.297 e. The first kappa shape index (κ1) is 16.9. The second-order valence-corrected chi connectivity index (χ2v) is 8.11. The maximum Gasteiger partial charge on any atom is 0.258 e. The summed E-state index contributed by atoms with van der Waals surface area (Å²) in [5.74, 6) is 0. The van der Waals surface area contributed by atoms with Crippen molar-refractivity contribution in [1.82, 2.24) is 19.2 Å². The highest BCUT2D eigenvalue weighted by Crippen LogP contribution is 2.15. The highest BCUT2D eigenvalue weighted by molar-refractivity contribution is 9.10. The lowest BCUT2D eigenvalue weighted by Crippen LogP contribution is -2.45. The number of hydrogen-bond acceptors (Lipinski definition) is 5. The van der Waals surface area contributed by atoms with Crippen molar-refractivity contribution in [2.24, 2.45) is 0 Å². The molecule has 0 spiro atoms. The van der Waals surface area contributed by atoms with Gasteiger partial charge in [0.05, 0.1) is 5.69 Å². The molecule has 0 bridgehead atoms. The van der Waals surface area contributed by atoms with E-state index >= 15 is 0 Å². The lowest BCUT2D eigenvalue weighted by molar-refractivity contribution is 0.121. The molecule has 7 heteroatoms. The molecule has 0 N–H and O–H groups in total. The molecule has 3 heterocycles. The second-order valence-electron chi connectivity index (χ2n) is 6.32. The fraction of sp³-hybridized carbons (Fsp3) is 0.333. The number of benzene rings is 1. The Morgan fingerprint density at radius 3 is 2.60 bits per heavy atom. The Kier molecular flexibility index (Phi) is 4.98. The average molecular weight is 419 g/mol. The average Bonchev–Trinajstić information content (AvgIpc) is 3.06. The van der Waals surface area contributed by atoms with Gasteiger partial charge in [-0.3, -0.25) is 19.0 Å². The predicted octanol–water partition coefficient (Wildman–Crippen LogP) is 2.84. The smallest absolute Gasteiger partial charge is 0.258 e. The van der Waals surface area contributed by atoms with Crippen LogP contribution in [0.3, 0.4) is 0 Å². The van der Waals surface area contributed by atoms with E-state index in [2.05, 4.69) is 55.0 Å². The fourth-order valence-corrected chi connectivity index (χ4v) is 4.38. The molecule has 1 aliphatic rings.